The monoisotopic (exact) mass is 372 g/mol. The van der Waals surface area contributed by atoms with Crippen LogP contribution in [0.25, 0.3) is 0 Å². The molecule has 2 rings (SSSR count). The molecule has 1 aromatic rings. The van der Waals surface area contributed by atoms with Gasteiger partial charge in [0.2, 0.25) is 0 Å². The van der Waals surface area contributed by atoms with E-state index in [2.05, 4.69) is 15.0 Å². The Labute approximate surface area is 137 Å². The molecule has 1 fully saturated rings. The summed E-state index contributed by atoms with van der Waals surface area (Å²) in [6.45, 7) is 3.82. The number of alkyl halides is 3. The van der Waals surface area contributed by atoms with Gasteiger partial charge in [0.25, 0.3) is 10.0 Å². The minimum absolute atomic E-state index is 0.0313. The molecule has 1 atom stereocenters. The Kier molecular flexibility index (Phi) is 5.67. The smallest absolute Gasteiger partial charge is 0.314 e. The van der Waals surface area contributed by atoms with Gasteiger partial charge in [-0.15, -0.1) is 11.3 Å². The van der Waals surface area contributed by atoms with Gasteiger partial charge in [-0.1, -0.05) is 0 Å². The van der Waals surface area contributed by atoms with Crippen molar-refractivity contribution in [3.63, 3.8) is 0 Å². The molecule has 0 radical (unpaired) electrons. The molecule has 1 aliphatic rings. The molecule has 23 heavy (non-hydrogen) atoms. The van der Waals surface area contributed by atoms with Crippen molar-refractivity contribution >= 4 is 21.4 Å². The van der Waals surface area contributed by atoms with E-state index in [1.165, 1.54) is 11.8 Å². The maximum absolute atomic E-state index is 13.3. The van der Waals surface area contributed by atoms with Crippen LogP contribution in [-0.4, -0.2) is 63.2 Å². The van der Waals surface area contributed by atoms with Crippen LogP contribution >= 0.6 is 11.3 Å². The van der Waals surface area contributed by atoms with Crippen molar-refractivity contribution in [3.05, 3.63) is 10.7 Å². The molecule has 0 aromatic carbocycles. The lowest BCUT2D eigenvalue weighted by molar-refractivity contribution is -0.182. The van der Waals surface area contributed by atoms with E-state index in [1.807, 2.05) is 0 Å². The van der Waals surface area contributed by atoms with Crippen molar-refractivity contribution in [2.75, 3.05) is 32.7 Å². The second-order valence-electron chi connectivity index (χ2n) is 5.30. The Morgan fingerprint density at radius 2 is 1.96 bits per heavy atom. The van der Waals surface area contributed by atoms with E-state index in [9.17, 15) is 21.6 Å². The molecule has 1 aliphatic heterocycles. The molecule has 11 heteroatoms. The first-order chi connectivity index (χ1) is 10.6. The molecule has 2 N–H and O–H groups in total. The van der Waals surface area contributed by atoms with Crippen molar-refractivity contribution in [2.45, 2.75) is 30.3 Å². The summed E-state index contributed by atoms with van der Waals surface area (Å²) in [6.07, 6.45) is -4.50. The van der Waals surface area contributed by atoms with Crippen LogP contribution in [0, 0.1) is 13.8 Å². The van der Waals surface area contributed by atoms with Crippen LogP contribution in [0.15, 0.2) is 4.21 Å². The number of nitrogens with one attached hydrogen (secondary N) is 2. The summed E-state index contributed by atoms with van der Waals surface area (Å²) in [7, 11) is -4.00. The minimum Gasteiger partial charge on any atom is -0.314 e. The van der Waals surface area contributed by atoms with E-state index >= 15 is 0 Å². The number of sulfonamides is 1. The molecule has 1 aromatic heterocycles. The number of halogens is 3. The van der Waals surface area contributed by atoms with Gasteiger partial charge in [0, 0.05) is 32.7 Å². The van der Waals surface area contributed by atoms with Crippen LogP contribution in [0.3, 0.4) is 0 Å². The van der Waals surface area contributed by atoms with Crippen molar-refractivity contribution in [1.82, 2.24) is 19.9 Å². The fourth-order valence-electron chi connectivity index (χ4n) is 2.46. The third-order valence-corrected chi connectivity index (χ3v) is 6.65. The topological polar surface area (TPSA) is 74.3 Å². The number of hydrogen-bond acceptors (Lipinski definition) is 6. The number of hydrogen-bond donors (Lipinski definition) is 2. The summed E-state index contributed by atoms with van der Waals surface area (Å²) in [5.74, 6) is 0. The molecule has 132 valence electrons. The predicted molar refractivity (Wildman–Crippen MR) is 81.1 cm³/mol. The van der Waals surface area contributed by atoms with Crippen molar-refractivity contribution in [3.8, 4) is 0 Å². The number of aromatic nitrogens is 1. The molecule has 0 amide bonds. The van der Waals surface area contributed by atoms with Gasteiger partial charge in [0.15, 0.2) is 4.21 Å². The zero-order valence-electron chi connectivity index (χ0n) is 12.8. The minimum atomic E-state index is -4.50. The molecule has 0 bridgehead atoms. The molecule has 1 unspecified atom stereocenters. The van der Waals surface area contributed by atoms with Gasteiger partial charge in [-0.25, -0.2) is 18.1 Å². The summed E-state index contributed by atoms with van der Waals surface area (Å²) in [6, 6.07) is -1.84. The molecule has 0 saturated carbocycles. The predicted octanol–water partition coefficient (Wildman–Crippen LogP) is 0.874. The maximum Gasteiger partial charge on any atom is 0.405 e. The fourth-order valence-corrected chi connectivity index (χ4v) is 5.03. The lowest BCUT2D eigenvalue weighted by Crippen LogP contribution is -2.57. The standard InChI is InChI=1S/C12H19F3N4O2S2/c1-8-11(22-9(2)18-8)23(20,21)17-7-10(12(13,14)15)19-5-3-16-4-6-19/h10,16-17H,3-7H2,1-2H3. The van der Waals surface area contributed by atoms with Crippen molar-refractivity contribution < 1.29 is 21.6 Å². The van der Waals surface area contributed by atoms with E-state index in [0.29, 0.717) is 23.8 Å². The first kappa shape index (κ1) is 18.6. The number of aryl methyl sites for hydroxylation is 2. The second kappa shape index (κ2) is 7.01. The van der Waals surface area contributed by atoms with Gasteiger partial charge in [-0.05, 0) is 13.8 Å². The van der Waals surface area contributed by atoms with E-state index < -0.39 is 28.8 Å². The zero-order chi connectivity index (χ0) is 17.3. The average molecular weight is 372 g/mol. The molecule has 1 saturated heterocycles. The van der Waals surface area contributed by atoms with Crippen LogP contribution in [0.4, 0.5) is 13.2 Å². The van der Waals surface area contributed by atoms with E-state index in [4.69, 9.17) is 0 Å². The lowest BCUT2D eigenvalue weighted by atomic mass is 10.2. The number of rotatable bonds is 5. The fraction of sp³-hybridized carbons (Fsp3) is 0.750. The SMILES string of the molecule is Cc1nc(C)c(S(=O)(=O)NCC(N2CCNCC2)C(F)(F)F)s1. The highest BCUT2D eigenvalue weighted by atomic mass is 32.2. The Balaban J connectivity index is 2.12. The zero-order valence-corrected chi connectivity index (χ0v) is 14.4. The van der Waals surface area contributed by atoms with E-state index in [1.54, 1.807) is 6.92 Å². The quantitative estimate of drug-likeness (QED) is 0.803. The molecule has 2 heterocycles. The van der Waals surface area contributed by atoms with Crippen molar-refractivity contribution in [2.24, 2.45) is 0 Å². The molecular weight excluding hydrogens is 353 g/mol. The van der Waals surface area contributed by atoms with Gasteiger partial charge in [-0.3, -0.25) is 4.90 Å². The third kappa shape index (κ3) is 4.63. The number of thiazole rings is 1. The highest BCUT2D eigenvalue weighted by Crippen LogP contribution is 2.26. The highest BCUT2D eigenvalue weighted by Gasteiger charge is 2.44. The summed E-state index contributed by atoms with van der Waals surface area (Å²) >= 11 is 0.950. The molecule has 6 nitrogen and oxygen atoms in total. The number of nitrogens with zero attached hydrogens (tertiary/aromatic N) is 2. The molecular formula is C12H19F3N4O2S2. The molecule has 0 spiro atoms. The summed E-state index contributed by atoms with van der Waals surface area (Å²) in [5, 5.41) is 3.53. The van der Waals surface area contributed by atoms with Gasteiger partial charge in [0.05, 0.1) is 10.7 Å². The van der Waals surface area contributed by atoms with E-state index in [0.717, 1.165) is 11.3 Å². The van der Waals surface area contributed by atoms with Crippen molar-refractivity contribution in [1.29, 1.82) is 0 Å². The average Bonchev–Trinajstić information content (AvgIpc) is 2.78. The van der Waals surface area contributed by atoms with Gasteiger partial charge in [-0.2, -0.15) is 13.2 Å². The molecule has 0 aliphatic carbocycles. The summed E-state index contributed by atoms with van der Waals surface area (Å²) in [5.41, 5.74) is 0.297. The maximum atomic E-state index is 13.3. The lowest BCUT2D eigenvalue weighted by Gasteiger charge is -2.35. The number of piperazine rings is 1. The van der Waals surface area contributed by atoms with Crippen LogP contribution in [0.2, 0.25) is 0 Å². The highest BCUT2D eigenvalue weighted by molar-refractivity contribution is 7.91. The Morgan fingerprint density at radius 3 is 2.43 bits per heavy atom. The van der Waals surface area contributed by atoms with Crippen LogP contribution in [0.1, 0.15) is 10.7 Å². The third-order valence-electron chi connectivity index (χ3n) is 3.54. The first-order valence-corrected chi connectivity index (χ1v) is 9.36. The Morgan fingerprint density at radius 1 is 1.35 bits per heavy atom. The summed E-state index contributed by atoms with van der Waals surface area (Å²) < 4.78 is 66.3. The van der Waals surface area contributed by atoms with Crippen LogP contribution < -0.4 is 10.0 Å². The Bertz CT molecular complexity index is 639. The largest absolute Gasteiger partial charge is 0.405 e. The second-order valence-corrected chi connectivity index (χ2v) is 8.47. The first-order valence-electron chi connectivity index (χ1n) is 7.06. The van der Waals surface area contributed by atoms with Gasteiger partial charge < -0.3 is 5.32 Å². The summed E-state index contributed by atoms with van der Waals surface area (Å²) in [4.78, 5) is 5.26. The Hall–Kier alpha value is -0.750. The van der Waals surface area contributed by atoms with Gasteiger partial charge >= 0.3 is 6.18 Å². The van der Waals surface area contributed by atoms with E-state index in [-0.39, 0.29) is 17.3 Å². The van der Waals surface area contributed by atoms with Crippen LogP contribution in [-0.2, 0) is 10.0 Å². The van der Waals surface area contributed by atoms with Gasteiger partial charge in [0.1, 0.15) is 6.04 Å². The van der Waals surface area contributed by atoms with Crippen LogP contribution in [0.5, 0.6) is 0 Å². The normalized spacial score (nSPS) is 19.0.